The normalized spacial score (nSPS) is 13.4. The van der Waals surface area contributed by atoms with E-state index in [2.05, 4.69) is 47.6 Å². The highest BCUT2D eigenvalue weighted by Gasteiger charge is 2.16. The molecule has 0 fully saturated rings. The third-order valence-electron chi connectivity index (χ3n) is 2.53. The summed E-state index contributed by atoms with van der Waals surface area (Å²) in [6.07, 6.45) is 2.07. The molecule has 0 unspecified atom stereocenters. The van der Waals surface area contributed by atoms with Crippen molar-refractivity contribution in [2.45, 2.75) is 0 Å². The summed E-state index contributed by atoms with van der Waals surface area (Å²) in [7, 11) is 0. The Balaban J connectivity index is 2.46. The van der Waals surface area contributed by atoms with Crippen LogP contribution in [0.15, 0.2) is 41.4 Å². The molecule has 0 saturated carbocycles. The SMILES string of the molecule is CSC1=Nc2cccc3cccc1c23. The van der Waals surface area contributed by atoms with Crippen molar-refractivity contribution in [2.24, 2.45) is 4.99 Å². The van der Waals surface area contributed by atoms with Gasteiger partial charge in [-0.25, -0.2) is 4.99 Å². The zero-order valence-electron chi connectivity index (χ0n) is 7.82. The quantitative estimate of drug-likeness (QED) is 0.631. The van der Waals surface area contributed by atoms with Crippen molar-refractivity contribution in [3.05, 3.63) is 42.0 Å². The van der Waals surface area contributed by atoms with Crippen LogP contribution in [0.4, 0.5) is 5.69 Å². The number of hydrogen-bond acceptors (Lipinski definition) is 2. The Morgan fingerprint density at radius 1 is 1.07 bits per heavy atom. The number of nitrogens with zero attached hydrogens (tertiary/aromatic N) is 1. The highest BCUT2D eigenvalue weighted by atomic mass is 32.2. The maximum Gasteiger partial charge on any atom is 0.104 e. The summed E-state index contributed by atoms with van der Waals surface area (Å²) in [5, 5.41) is 3.73. The predicted molar refractivity (Wildman–Crippen MR) is 63.7 cm³/mol. The molecule has 68 valence electrons. The van der Waals surface area contributed by atoms with Gasteiger partial charge in [0.25, 0.3) is 0 Å². The van der Waals surface area contributed by atoms with Gasteiger partial charge in [0, 0.05) is 10.9 Å². The molecule has 3 rings (SSSR count). The van der Waals surface area contributed by atoms with Gasteiger partial charge in [-0.3, -0.25) is 0 Å². The van der Waals surface area contributed by atoms with Gasteiger partial charge in [0.15, 0.2) is 0 Å². The molecule has 0 bridgehead atoms. The first-order valence-corrected chi connectivity index (χ1v) is 5.77. The van der Waals surface area contributed by atoms with Gasteiger partial charge in [0.1, 0.15) is 5.04 Å². The van der Waals surface area contributed by atoms with Crippen LogP contribution >= 0.6 is 11.8 Å². The van der Waals surface area contributed by atoms with Gasteiger partial charge >= 0.3 is 0 Å². The van der Waals surface area contributed by atoms with Gasteiger partial charge in [-0.2, -0.15) is 0 Å². The Morgan fingerprint density at radius 3 is 2.64 bits per heavy atom. The van der Waals surface area contributed by atoms with Crippen molar-refractivity contribution in [1.82, 2.24) is 0 Å². The minimum absolute atomic E-state index is 1.11. The van der Waals surface area contributed by atoms with Crippen molar-refractivity contribution in [2.75, 3.05) is 6.26 Å². The fourth-order valence-corrected chi connectivity index (χ4v) is 2.50. The van der Waals surface area contributed by atoms with Crippen molar-refractivity contribution in [1.29, 1.82) is 0 Å². The van der Waals surface area contributed by atoms with E-state index in [1.807, 2.05) is 0 Å². The van der Waals surface area contributed by atoms with E-state index >= 15 is 0 Å². The number of thioether (sulfide) groups is 1. The molecule has 0 N–H and O–H groups in total. The monoisotopic (exact) mass is 199 g/mol. The summed E-state index contributed by atoms with van der Waals surface area (Å²) >= 11 is 1.71. The number of aliphatic imine (C=N–C) groups is 1. The molecule has 0 saturated heterocycles. The third-order valence-corrected chi connectivity index (χ3v) is 3.23. The lowest BCUT2D eigenvalue weighted by molar-refractivity contribution is 1.62. The van der Waals surface area contributed by atoms with Crippen LogP contribution in [0.25, 0.3) is 10.8 Å². The number of rotatable bonds is 0. The second kappa shape index (κ2) is 2.85. The van der Waals surface area contributed by atoms with E-state index in [0.29, 0.717) is 0 Å². The van der Waals surface area contributed by atoms with Crippen molar-refractivity contribution >= 4 is 33.3 Å². The van der Waals surface area contributed by atoms with Gasteiger partial charge in [-0.05, 0) is 17.7 Å². The lowest BCUT2D eigenvalue weighted by Gasteiger charge is -2.00. The average Bonchev–Trinajstić information content (AvgIpc) is 2.60. The molecular weight excluding hydrogens is 190 g/mol. The van der Waals surface area contributed by atoms with Crippen LogP contribution in [-0.2, 0) is 0 Å². The smallest absolute Gasteiger partial charge is 0.104 e. The highest BCUT2D eigenvalue weighted by Crippen LogP contribution is 2.37. The zero-order valence-corrected chi connectivity index (χ0v) is 8.64. The first-order valence-electron chi connectivity index (χ1n) is 4.55. The lowest BCUT2D eigenvalue weighted by atomic mass is 10.1. The fraction of sp³-hybridized carbons (Fsp3) is 0.0833. The molecule has 0 amide bonds. The molecular formula is C12H9NS. The Labute approximate surface area is 86.9 Å². The molecule has 1 heterocycles. The van der Waals surface area contributed by atoms with Crippen LogP contribution in [0.1, 0.15) is 5.56 Å². The molecule has 14 heavy (non-hydrogen) atoms. The topological polar surface area (TPSA) is 12.4 Å². The minimum atomic E-state index is 1.11. The van der Waals surface area contributed by atoms with E-state index in [9.17, 15) is 0 Å². The molecule has 0 aromatic heterocycles. The Bertz CT molecular complexity index is 538. The van der Waals surface area contributed by atoms with E-state index in [0.717, 1.165) is 10.7 Å². The second-order valence-corrected chi connectivity index (χ2v) is 4.10. The van der Waals surface area contributed by atoms with E-state index in [1.54, 1.807) is 11.8 Å². The molecule has 2 aromatic rings. The molecule has 0 aliphatic carbocycles. The van der Waals surface area contributed by atoms with E-state index in [1.165, 1.54) is 16.3 Å². The van der Waals surface area contributed by atoms with Gasteiger partial charge in [0.2, 0.25) is 0 Å². The van der Waals surface area contributed by atoms with Crippen LogP contribution in [0.5, 0.6) is 0 Å². The van der Waals surface area contributed by atoms with Crippen LogP contribution < -0.4 is 0 Å². The minimum Gasteiger partial charge on any atom is -0.241 e. The summed E-state index contributed by atoms with van der Waals surface area (Å²) in [5.74, 6) is 0. The first-order chi connectivity index (χ1) is 6.90. The van der Waals surface area contributed by atoms with Gasteiger partial charge < -0.3 is 0 Å². The molecule has 0 spiro atoms. The second-order valence-electron chi connectivity index (χ2n) is 3.30. The van der Waals surface area contributed by atoms with Gasteiger partial charge in [0.05, 0.1) is 5.69 Å². The zero-order chi connectivity index (χ0) is 9.54. The van der Waals surface area contributed by atoms with Gasteiger partial charge in [-0.15, -0.1) is 11.8 Å². The maximum absolute atomic E-state index is 4.59. The van der Waals surface area contributed by atoms with Crippen LogP contribution in [0.3, 0.4) is 0 Å². The lowest BCUT2D eigenvalue weighted by Crippen LogP contribution is -1.88. The summed E-state index contributed by atoms with van der Waals surface area (Å²) in [4.78, 5) is 4.59. The molecule has 1 nitrogen and oxygen atoms in total. The summed E-state index contributed by atoms with van der Waals surface area (Å²) in [6, 6.07) is 12.7. The van der Waals surface area contributed by atoms with E-state index in [-0.39, 0.29) is 0 Å². The Kier molecular flexibility index (Phi) is 1.64. The highest BCUT2D eigenvalue weighted by molar-refractivity contribution is 8.13. The van der Waals surface area contributed by atoms with Crippen LogP contribution in [0, 0.1) is 0 Å². The third kappa shape index (κ3) is 0.946. The summed E-state index contributed by atoms with van der Waals surface area (Å²) < 4.78 is 0. The van der Waals surface area contributed by atoms with Crippen LogP contribution in [-0.4, -0.2) is 11.3 Å². The number of benzene rings is 2. The average molecular weight is 199 g/mol. The van der Waals surface area contributed by atoms with Crippen molar-refractivity contribution < 1.29 is 0 Å². The Morgan fingerprint density at radius 2 is 1.86 bits per heavy atom. The van der Waals surface area contributed by atoms with E-state index < -0.39 is 0 Å². The summed E-state index contributed by atoms with van der Waals surface area (Å²) in [6.45, 7) is 0. The van der Waals surface area contributed by atoms with Crippen molar-refractivity contribution in [3.8, 4) is 0 Å². The first kappa shape index (κ1) is 8.06. The number of hydrogen-bond donors (Lipinski definition) is 0. The molecule has 0 atom stereocenters. The molecule has 2 aromatic carbocycles. The molecule has 1 aliphatic heterocycles. The predicted octanol–water partition coefficient (Wildman–Crippen LogP) is 3.59. The maximum atomic E-state index is 4.59. The standard InChI is InChI=1S/C12H9NS/c1-14-12-9-6-2-4-8-5-3-7-10(13-12)11(8)9/h2-7H,1H3. The molecule has 2 heteroatoms. The largest absolute Gasteiger partial charge is 0.241 e. The molecule has 0 radical (unpaired) electrons. The van der Waals surface area contributed by atoms with Gasteiger partial charge in [-0.1, -0.05) is 30.3 Å². The Hall–Kier alpha value is -1.28. The van der Waals surface area contributed by atoms with E-state index in [4.69, 9.17) is 0 Å². The van der Waals surface area contributed by atoms with Crippen LogP contribution in [0.2, 0.25) is 0 Å². The fourth-order valence-electron chi connectivity index (χ4n) is 1.92. The summed E-state index contributed by atoms with van der Waals surface area (Å²) in [5.41, 5.74) is 2.40. The van der Waals surface area contributed by atoms with Crippen molar-refractivity contribution in [3.63, 3.8) is 0 Å². The molecule has 1 aliphatic rings.